The Bertz CT molecular complexity index is 909. The van der Waals surface area contributed by atoms with Crippen LogP contribution in [0.5, 0.6) is 0 Å². The number of amides is 1. The number of anilines is 1. The topological polar surface area (TPSA) is 84.1 Å². The number of aromatic amines is 1. The first kappa shape index (κ1) is 17.8. The minimum atomic E-state index is -0.445. The van der Waals surface area contributed by atoms with Crippen LogP contribution in [-0.4, -0.2) is 34.7 Å². The summed E-state index contributed by atoms with van der Waals surface area (Å²) < 4.78 is 4.67. The molecule has 7 heteroatoms. The summed E-state index contributed by atoms with van der Waals surface area (Å²) >= 11 is 1.31. The Morgan fingerprint density at radius 2 is 1.96 bits per heavy atom. The SMILES string of the molecule is COC(=O)c1cccc(NC(=O)CSc2ncc(-c3ccccc3)[nH]2)c1. The van der Waals surface area contributed by atoms with E-state index in [9.17, 15) is 9.59 Å². The molecule has 0 aliphatic rings. The van der Waals surface area contributed by atoms with Crippen LogP contribution in [-0.2, 0) is 9.53 Å². The van der Waals surface area contributed by atoms with Crippen molar-refractivity contribution in [2.75, 3.05) is 18.2 Å². The third-order valence-electron chi connectivity index (χ3n) is 3.54. The van der Waals surface area contributed by atoms with Crippen LogP contribution in [0, 0.1) is 0 Å². The van der Waals surface area contributed by atoms with Gasteiger partial charge in [-0.05, 0) is 23.8 Å². The Morgan fingerprint density at radius 3 is 2.73 bits per heavy atom. The number of carbonyl (C=O) groups excluding carboxylic acids is 2. The molecule has 1 heterocycles. The zero-order chi connectivity index (χ0) is 18.4. The zero-order valence-electron chi connectivity index (χ0n) is 14.1. The molecular formula is C19H17N3O3S. The van der Waals surface area contributed by atoms with Crippen molar-refractivity contribution in [1.29, 1.82) is 0 Å². The number of methoxy groups -OCH3 is 1. The highest BCUT2D eigenvalue weighted by molar-refractivity contribution is 7.99. The molecule has 0 aliphatic heterocycles. The van der Waals surface area contributed by atoms with Crippen LogP contribution in [0.25, 0.3) is 11.3 Å². The second-order valence-electron chi connectivity index (χ2n) is 5.38. The Labute approximate surface area is 155 Å². The Balaban J connectivity index is 1.56. The molecule has 6 nitrogen and oxygen atoms in total. The van der Waals surface area contributed by atoms with Gasteiger partial charge in [0.2, 0.25) is 5.91 Å². The molecule has 1 aromatic heterocycles. The third kappa shape index (κ3) is 4.52. The number of nitrogens with one attached hydrogen (secondary N) is 2. The number of imidazole rings is 1. The summed E-state index contributed by atoms with van der Waals surface area (Å²) in [6.45, 7) is 0. The van der Waals surface area contributed by atoms with E-state index >= 15 is 0 Å². The highest BCUT2D eigenvalue weighted by Crippen LogP contribution is 2.21. The Morgan fingerprint density at radius 1 is 1.15 bits per heavy atom. The maximum Gasteiger partial charge on any atom is 0.337 e. The number of ether oxygens (including phenoxy) is 1. The smallest absolute Gasteiger partial charge is 0.337 e. The fourth-order valence-electron chi connectivity index (χ4n) is 2.31. The van der Waals surface area contributed by atoms with E-state index in [-0.39, 0.29) is 11.7 Å². The molecule has 132 valence electrons. The fraction of sp³-hybridized carbons (Fsp3) is 0.105. The van der Waals surface area contributed by atoms with Gasteiger partial charge in [-0.15, -0.1) is 0 Å². The molecule has 0 atom stereocenters. The lowest BCUT2D eigenvalue weighted by Gasteiger charge is -2.06. The first-order valence-electron chi connectivity index (χ1n) is 7.87. The molecule has 2 N–H and O–H groups in total. The van der Waals surface area contributed by atoms with Gasteiger partial charge in [0, 0.05) is 5.69 Å². The van der Waals surface area contributed by atoms with Crippen LogP contribution in [0.1, 0.15) is 10.4 Å². The summed E-state index contributed by atoms with van der Waals surface area (Å²) in [6.07, 6.45) is 1.75. The van der Waals surface area contributed by atoms with Gasteiger partial charge >= 0.3 is 5.97 Å². The lowest BCUT2D eigenvalue weighted by molar-refractivity contribution is -0.113. The molecule has 0 fully saturated rings. The van der Waals surface area contributed by atoms with Crippen LogP contribution in [0.4, 0.5) is 5.69 Å². The second kappa shape index (κ2) is 8.35. The number of carbonyl (C=O) groups is 2. The summed E-state index contributed by atoms with van der Waals surface area (Å²) in [5, 5.41) is 3.43. The number of esters is 1. The summed E-state index contributed by atoms with van der Waals surface area (Å²) in [5.41, 5.74) is 2.87. The van der Waals surface area contributed by atoms with Gasteiger partial charge in [-0.1, -0.05) is 48.2 Å². The van der Waals surface area contributed by atoms with Gasteiger partial charge in [-0.3, -0.25) is 4.79 Å². The number of nitrogens with zero attached hydrogens (tertiary/aromatic N) is 1. The van der Waals surface area contributed by atoms with Gasteiger partial charge in [0.15, 0.2) is 5.16 Å². The number of H-pyrrole nitrogens is 1. The molecule has 26 heavy (non-hydrogen) atoms. The lowest BCUT2D eigenvalue weighted by atomic mass is 10.2. The summed E-state index contributed by atoms with van der Waals surface area (Å²) in [6, 6.07) is 16.5. The molecule has 0 radical (unpaired) electrons. The summed E-state index contributed by atoms with van der Waals surface area (Å²) in [7, 11) is 1.32. The van der Waals surface area contributed by atoms with Crippen LogP contribution in [0.15, 0.2) is 66.0 Å². The standard InChI is InChI=1S/C19H17N3O3S/c1-25-18(24)14-8-5-9-15(10-14)21-17(23)12-26-19-20-11-16(22-19)13-6-3-2-4-7-13/h2-11H,12H2,1H3,(H,20,22)(H,21,23). The van der Waals surface area contributed by atoms with E-state index in [1.165, 1.54) is 18.9 Å². The van der Waals surface area contributed by atoms with Gasteiger partial charge < -0.3 is 15.0 Å². The largest absolute Gasteiger partial charge is 0.465 e. The quantitative estimate of drug-likeness (QED) is 0.514. The highest BCUT2D eigenvalue weighted by Gasteiger charge is 2.10. The van der Waals surface area contributed by atoms with Crippen molar-refractivity contribution in [3.63, 3.8) is 0 Å². The van der Waals surface area contributed by atoms with Crippen molar-refractivity contribution in [1.82, 2.24) is 9.97 Å². The Kier molecular flexibility index (Phi) is 5.70. The minimum absolute atomic E-state index is 0.185. The fourth-order valence-corrected chi connectivity index (χ4v) is 2.96. The third-order valence-corrected chi connectivity index (χ3v) is 4.43. The first-order valence-corrected chi connectivity index (χ1v) is 8.86. The maximum absolute atomic E-state index is 12.1. The van der Waals surface area contributed by atoms with E-state index in [1.807, 2.05) is 30.3 Å². The van der Waals surface area contributed by atoms with Crippen molar-refractivity contribution in [2.45, 2.75) is 5.16 Å². The van der Waals surface area contributed by atoms with E-state index in [0.717, 1.165) is 11.3 Å². The molecular weight excluding hydrogens is 350 g/mol. The zero-order valence-corrected chi connectivity index (χ0v) is 14.9. The lowest BCUT2D eigenvalue weighted by Crippen LogP contribution is -2.14. The minimum Gasteiger partial charge on any atom is -0.465 e. The van der Waals surface area contributed by atoms with Crippen molar-refractivity contribution < 1.29 is 14.3 Å². The van der Waals surface area contributed by atoms with Gasteiger partial charge in [0.25, 0.3) is 0 Å². The molecule has 0 aliphatic carbocycles. The second-order valence-corrected chi connectivity index (χ2v) is 6.34. The van der Waals surface area contributed by atoms with Crippen LogP contribution in [0.3, 0.4) is 0 Å². The molecule has 0 unspecified atom stereocenters. The van der Waals surface area contributed by atoms with E-state index in [0.29, 0.717) is 16.4 Å². The van der Waals surface area contributed by atoms with E-state index < -0.39 is 5.97 Å². The predicted molar refractivity (Wildman–Crippen MR) is 101 cm³/mol. The molecule has 1 amide bonds. The summed E-state index contributed by atoms with van der Waals surface area (Å²) in [4.78, 5) is 31.1. The average molecular weight is 367 g/mol. The van der Waals surface area contributed by atoms with Crippen molar-refractivity contribution in [3.05, 3.63) is 66.4 Å². The first-order chi connectivity index (χ1) is 12.7. The predicted octanol–water partition coefficient (Wildman–Crippen LogP) is 3.59. The molecule has 0 spiro atoms. The molecule has 0 saturated carbocycles. The molecule has 0 saturated heterocycles. The number of hydrogen-bond acceptors (Lipinski definition) is 5. The van der Waals surface area contributed by atoms with Gasteiger partial charge in [-0.2, -0.15) is 0 Å². The van der Waals surface area contributed by atoms with Crippen LogP contribution >= 0.6 is 11.8 Å². The molecule has 3 aromatic rings. The van der Waals surface area contributed by atoms with E-state index in [2.05, 4.69) is 20.0 Å². The van der Waals surface area contributed by atoms with Crippen molar-refractivity contribution in [3.8, 4) is 11.3 Å². The van der Waals surface area contributed by atoms with Gasteiger partial charge in [0.1, 0.15) is 0 Å². The van der Waals surface area contributed by atoms with Crippen molar-refractivity contribution in [2.24, 2.45) is 0 Å². The molecule has 2 aromatic carbocycles. The highest BCUT2D eigenvalue weighted by atomic mass is 32.2. The number of benzene rings is 2. The average Bonchev–Trinajstić information content (AvgIpc) is 3.16. The van der Waals surface area contributed by atoms with Gasteiger partial charge in [-0.25, -0.2) is 9.78 Å². The molecule has 0 bridgehead atoms. The Hall–Kier alpha value is -3.06. The van der Waals surface area contributed by atoms with E-state index in [4.69, 9.17) is 0 Å². The maximum atomic E-state index is 12.1. The van der Waals surface area contributed by atoms with Crippen LogP contribution in [0.2, 0.25) is 0 Å². The number of rotatable bonds is 6. The number of aromatic nitrogens is 2. The van der Waals surface area contributed by atoms with Crippen molar-refractivity contribution >= 4 is 29.3 Å². The molecule has 3 rings (SSSR count). The summed E-state index contributed by atoms with van der Waals surface area (Å²) in [5.74, 6) is -0.432. The number of hydrogen-bond donors (Lipinski definition) is 2. The van der Waals surface area contributed by atoms with E-state index in [1.54, 1.807) is 30.5 Å². The monoisotopic (exact) mass is 367 g/mol. The van der Waals surface area contributed by atoms with Gasteiger partial charge in [0.05, 0.1) is 30.3 Å². The number of thioether (sulfide) groups is 1. The van der Waals surface area contributed by atoms with Crippen LogP contribution < -0.4 is 5.32 Å². The normalized spacial score (nSPS) is 10.3.